The number of carbonyl (C=O) groups is 2. The van der Waals surface area contributed by atoms with Crippen LogP contribution in [0.4, 0.5) is 24.5 Å². The first-order valence-corrected chi connectivity index (χ1v) is 8.36. The first kappa shape index (κ1) is 20.1. The van der Waals surface area contributed by atoms with E-state index in [1.165, 1.54) is 41.3 Å². The van der Waals surface area contributed by atoms with Crippen molar-refractivity contribution in [3.63, 3.8) is 0 Å². The third-order valence-electron chi connectivity index (χ3n) is 4.21. The minimum atomic E-state index is -4.85. The van der Waals surface area contributed by atoms with Crippen molar-refractivity contribution in [2.24, 2.45) is 0 Å². The molecule has 11 heteroatoms. The topological polar surface area (TPSA) is 102 Å². The summed E-state index contributed by atoms with van der Waals surface area (Å²) in [5.41, 5.74) is 0.178. The number of hydrogen-bond donors (Lipinski definition) is 1. The maximum atomic E-state index is 12.6. The highest BCUT2D eigenvalue weighted by molar-refractivity contribution is 6.04. The number of nitrogens with zero attached hydrogens (tertiary/aromatic N) is 2. The lowest BCUT2D eigenvalue weighted by molar-refractivity contribution is -0.384. The lowest BCUT2D eigenvalue weighted by Crippen LogP contribution is -2.41. The predicted octanol–water partition coefficient (Wildman–Crippen LogP) is 3.03. The van der Waals surface area contributed by atoms with E-state index in [1.54, 1.807) is 0 Å². The quantitative estimate of drug-likeness (QED) is 0.604. The van der Waals surface area contributed by atoms with Crippen LogP contribution in [0.25, 0.3) is 0 Å². The number of ether oxygens (including phenoxy) is 1. The second kappa shape index (κ2) is 7.78. The Balaban J connectivity index is 1.67. The minimum absolute atomic E-state index is 0.141. The first-order valence-electron chi connectivity index (χ1n) is 8.36. The summed E-state index contributed by atoms with van der Waals surface area (Å²) >= 11 is 0. The molecule has 0 bridgehead atoms. The maximum Gasteiger partial charge on any atom is 0.573 e. The van der Waals surface area contributed by atoms with Gasteiger partial charge in [0.1, 0.15) is 11.8 Å². The zero-order valence-electron chi connectivity index (χ0n) is 14.7. The number of nitrogens with one attached hydrogen (secondary N) is 1. The predicted molar refractivity (Wildman–Crippen MR) is 94.4 cm³/mol. The Morgan fingerprint density at radius 2 is 1.90 bits per heavy atom. The Kier molecular flexibility index (Phi) is 5.39. The van der Waals surface area contributed by atoms with Crippen molar-refractivity contribution < 1.29 is 32.4 Å². The van der Waals surface area contributed by atoms with Crippen molar-refractivity contribution in [2.45, 2.75) is 18.8 Å². The fourth-order valence-electron chi connectivity index (χ4n) is 2.89. The van der Waals surface area contributed by atoms with E-state index in [1.807, 2.05) is 0 Å². The van der Waals surface area contributed by atoms with Crippen LogP contribution < -0.4 is 15.0 Å². The van der Waals surface area contributed by atoms with Gasteiger partial charge in [-0.05, 0) is 30.7 Å². The third-order valence-corrected chi connectivity index (χ3v) is 4.21. The average Bonchev–Trinajstić information content (AvgIpc) is 3.01. The Morgan fingerprint density at radius 1 is 1.21 bits per heavy atom. The largest absolute Gasteiger partial charge is 0.573 e. The van der Waals surface area contributed by atoms with Gasteiger partial charge >= 0.3 is 6.36 Å². The van der Waals surface area contributed by atoms with Crippen LogP contribution in [-0.4, -0.2) is 35.7 Å². The van der Waals surface area contributed by atoms with Crippen molar-refractivity contribution in [1.29, 1.82) is 0 Å². The molecule has 0 radical (unpaired) electrons. The fraction of sp³-hybridized carbons (Fsp3) is 0.222. The number of halogens is 3. The molecule has 29 heavy (non-hydrogen) atoms. The number of amides is 2. The van der Waals surface area contributed by atoms with Gasteiger partial charge in [0, 0.05) is 36.0 Å². The summed E-state index contributed by atoms with van der Waals surface area (Å²) in [7, 11) is 0. The molecule has 0 aromatic heterocycles. The lowest BCUT2D eigenvalue weighted by atomic mass is 10.1. The number of hydrogen-bond acceptors (Lipinski definition) is 5. The molecule has 2 amide bonds. The number of carbonyl (C=O) groups excluding carboxylic acids is 2. The van der Waals surface area contributed by atoms with Gasteiger partial charge in [0.05, 0.1) is 4.92 Å². The van der Waals surface area contributed by atoms with Gasteiger partial charge in [0.25, 0.3) is 11.6 Å². The molecule has 1 fully saturated rings. The molecule has 8 nitrogen and oxygen atoms in total. The van der Waals surface area contributed by atoms with Crippen LogP contribution in [0.15, 0.2) is 48.5 Å². The highest BCUT2D eigenvalue weighted by Gasteiger charge is 2.35. The summed E-state index contributed by atoms with van der Waals surface area (Å²) in [6.07, 6.45) is -4.60. The molecule has 0 spiro atoms. The SMILES string of the molecule is O=C(NC1CCN(c2cccc(OC(F)(F)F)c2)C1=O)c1ccc([N+](=O)[O-])cc1. The molecule has 1 unspecified atom stereocenters. The fourth-order valence-corrected chi connectivity index (χ4v) is 2.89. The summed E-state index contributed by atoms with van der Waals surface area (Å²) in [4.78, 5) is 36.2. The zero-order chi connectivity index (χ0) is 21.2. The van der Waals surface area contributed by atoms with Crippen LogP contribution in [0.2, 0.25) is 0 Å². The normalized spacial score (nSPS) is 16.6. The lowest BCUT2D eigenvalue weighted by Gasteiger charge is -2.18. The molecule has 0 aliphatic carbocycles. The van der Waals surface area contributed by atoms with E-state index in [2.05, 4.69) is 10.1 Å². The molecule has 1 saturated heterocycles. The van der Waals surface area contributed by atoms with Crippen molar-refractivity contribution in [1.82, 2.24) is 5.32 Å². The maximum absolute atomic E-state index is 12.6. The summed E-state index contributed by atoms with van der Waals surface area (Å²) in [6.45, 7) is 0.194. The van der Waals surface area contributed by atoms with Gasteiger partial charge in [0.15, 0.2) is 0 Å². The number of alkyl halides is 3. The van der Waals surface area contributed by atoms with E-state index in [4.69, 9.17) is 0 Å². The van der Waals surface area contributed by atoms with E-state index in [9.17, 15) is 32.9 Å². The smallest absolute Gasteiger partial charge is 0.406 e. The summed E-state index contributed by atoms with van der Waals surface area (Å²) in [5, 5.41) is 13.2. The number of benzene rings is 2. The third kappa shape index (κ3) is 4.81. The molecule has 1 heterocycles. The molecule has 152 valence electrons. The van der Waals surface area contributed by atoms with Crippen LogP contribution in [0, 0.1) is 10.1 Å². The van der Waals surface area contributed by atoms with Crippen LogP contribution in [0.3, 0.4) is 0 Å². The Labute approximate surface area is 162 Å². The van der Waals surface area contributed by atoms with E-state index in [-0.39, 0.29) is 29.9 Å². The molecule has 1 aliphatic heterocycles. The molecule has 1 aliphatic rings. The number of anilines is 1. The van der Waals surface area contributed by atoms with Crippen LogP contribution in [0.5, 0.6) is 5.75 Å². The van der Waals surface area contributed by atoms with Gasteiger partial charge in [-0.15, -0.1) is 13.2 Å². The van der Waals surface area contributed by atoms with Gasteiger partial charge in [-0.25, -0.2) is 0 Å². The molecular formula is C18H14F3N3O5. The van der Waals surface area contributed by atoms with E-state index >= 15 is 0 Å². The molecule has 1 atom stereocenters. The Morgan fingerprint density at radius 3 is 2.52 bits per heavy atom. The first-order chi connectivity index (χ1) is 13.6. The summed E-state index contributed by atoms with van der Waals surface area (Å²) < 4.78 is 41.0. The summed E-state index contributed by atoms with van der Waals surface area (Å²) in [5.74, 6) is -1.53. The monoisotopic (exact) mass is 409 g/mol. The molecule has 3 rings (SSSR count). The second-order valence-corrected chi connectivity index (χ2v) is 6.15. The number of nitro groups is 1. The van der Waals surface area contributed by atoms with Gasteiger partial charge in [-0.2, -0.15) is 0 Å². The van der Waals surface area contributed by atoms with E-state index in [0.717, 1.165) is 12.1 Å². The van der Waals surface area contributed by atoms with Crippen LogP contribution >= 0.6 is 0 Å². The van der Waals surface area contributed by atoms with Crippen molar-refractivity contribution in [2.75, 3.05) is 11.4 Å². The minimum Gasteiger partial charge on any atom is -0.406 e. The molecule has 1 N–H and O–H groups in total. The van der Waals surface area contributed by atoms with Gasteiger partial charge < -0.3 is 15.0 Å². The molecule has 2 aromatic carbocycles. The number of rotatable bonds is 5. The molecule has 0 saturated carbocycles. The van der Waals surface area contributed by atoms with Gasteiger partial charge in [-0.3, -0.25) is 19.7 Å². The van der Waals surface area contributed by atoms with E-state index < -0.39 is 34.9 Å². The number of non-ortho nitro benzene ring substituents is 1. The van der Waals surface area contributed by atoms with Crippen molar-refractivity contribution in [3.8, 4) is 5.75 Å². The highest BCUT2D eigenvalue weighted by atomic mass is 19.4. The standard InChI is InChI=1S/C18H14F3N3O5/c19-18(20,21)29-14-3-1-2-13(10-14)23-9-8-15(17(23)26)22-16(25)11-4-6-12(7-5-11)24(27)28/h1-7,10,15H,8-9H2,(H,22,25). The Bertz CT molecular complexity index is 947. The number of nitro benzene ring substituents is 1. The van der Waals surface area contributed by atoms with Crippen LogP contribution in [-0.2, 0) is 4.79 Å². The zero-order valence-corrected chi connectivity index (χ0v) is 14.7. The second-order valence-electron chi connectivity index (χ2n) is 6.15. The van der Waals surface area contributed by atoms with Crippen LogP contribution in [0.1, 0.15) is 16.8 Å². The summed E-state index contributed by atoms with van der Waals surface area (Å²) in [6, 6.07) is 8.99. The van der Waals surface area contributed by atoms with Gasteiger partial charge in [-0.1, -0.05) is 6.07 Å². The molecular weight excluding hydrogens is 395 g/mol. The Hall–Kier alpha value is -3.63. The average molecular weight is 409 g/mol. The van der Waals surface area contributed by atoms with Crippen molar-refractivity contribution >= 4 is 23.2 Å². The highest BCUT2D eigenvalue weighted by Crippen LogP contribution is 2.29. The van der Waals surface area contributed by atoms with E-state index in [0.29, 0.717) is 0 Å². The molecule has 2 aromatic rings. The van der Waals surface area contributed by atoms with Gasteiger partial charge in [0.2, 0.25) is 5.91 Å². The van der Waals surface area contributed by atoms with Crippen molar-refractivity contribution in [3.05, 3.63) is 64.2 Å².